The predicted molar refractivity (Wildman–Crippen MR) is 59.8 cm³/mol. The summed E-state index contributed by atoms with van der Waals surface area (Å²) in [7, 11) is 1.35. The van der Waals surface area contributed by atoms with Crippen LogP contribution < -0.4 is 0 Å². The third-order valence-electron chi connectivity index (χ3n) is 2.51. The second-order valence-electron chi connectivity index (χ2n) is 3.64. The first-order valence-electron chi connectivity index (χ1n) is 5.15. The van der Waals surface area contributed by atoms with Crippen LogP contribution in [0.3, 0.4) is 0 Å². The molecule has 0 saturated carbocycles. The van der Waals surface area contributed by atoms with E-state index >= 15 is 0 Å². The van der Waals surface area contributed by atoms with Crippen LogP contribution in [0.1, 0.15) is 25.7 Å². The second kappa shape index (κ2) is 6.10. The molecule has 0 aromatic rings. The van der Waals surface area contributed by atoms with Crippen LogP contribution in [0.2, 0.25) is 0 Å². The molecule has 1 unspecified atom stereocenters. The van der Waals surface area contributed by atoms with Gasteiger partial charge in [-0.15, -0.1) is 0 Å². The number of halogens is 1. The van der Waals surface area contributed by atoms with Crippen LogP contribution in [-0.2, 0) is 14.3 Å². The first-order valence-corrected chi connectivity index (χ1v) is 6.06. The molecule has 15 heavy (non-hydrogen) atoms. The highest BCUT2D eigenvalue weighted by molar-refractivity contribution is 9.10. The fraction of sp³-hybridized carbons (Fsp3) is 0.800. The minimum absolute atomic E-state index is 0.140. The third-order valence-corrected chi connectivity index (χ3v) is 3.17. The molecule has 0 aromatic heterocycles. The minimum atomic E-state index is -0.412. The van der Waals surface area contributed by atoms with Gasteiger partial charge in [0.1, 0.15) is 4.83 Å². The molecule has 1 saturated heterocycles. The highest BCUT2D eigenvalue weighted by Gasteiger charge is 2.23. The average Bonchev–Trinajstić information content (AvgIpc) is 2.43. The van der Waals surface area contributed by atoms with E-state index < -0.39 is 4.83 Å². The maximum absolute atomic E-state index is 11.6. The number of hydrogen-bond acceptors (Lipinski definition) is 3. The zero-order valence-electron chi connectivity index (χ0n) is 8.87. The molecule has 1 heterocycles. The van der Waals surface area contributed by atoms with Crippen LogP contribution in [-0.4, -0.2) is 41.8 Å². The minimum Gasteiger partial charge on any atom is -0.468 e. The number of esters is 1. The van der Waals surface area contributed by atoms with Crippen molar-refractivity contribution in [3.05, 3.63) is 0 Å². The van der Waals surface area contributed by atoms with Gasteiger partial charge in [-0.3, -0.25) is 9.59 Å². The maximum atomic E-state index is 11.6. The number of carbonyl (C=O) groups excluding carboxylic acids is 2. The molecule has 1 aliphatic heterocycles. The van der Waals surface area contributed by atoms with Gasteiger partial charge in [-0.2, -0.15) is 0 Å². The van der Waals surface area contributed by atoms with Crippen LogP contribution in [0.15, 0.2) is 0 Å². The van der Waals surface area contributed by atoms with Gasteiger partial charge in [-0.1, -0.05) is 22.4 Å². The molecule has 0 spiro atoms. The molecule has 0 bridgehead atoms. The number of ether oxygens (including phenoxy) is 1. The fourth-order valence-corrected chi connectivity index (χ4v) is 2.16. The van der Waals surface area contributed by atoms with Crippen molar-refractivity contribution >= 4 is 27.8 Å². The number of carbonyl (C=O) groups is 2. The SMILES string of the molecule is COC(=O)C(Br)CN1CCCCCC1=O. The van der Waals surface area contributed by atoms with E-state index in [1.54, 1.807) is 4.90 Å². The van der Waals surface area contributed by atoms with Gasteiger partial charge in [-0.05, 0) is 12.8 Å². The molecule has 0 N–H and O–H groups in total. The standard InChI is InChI=1S/C10H16BrNO3/c1-15-10(14)8(11)7-12-6-4-2-3-5-9(12)13/h8H,2-7H2,1H3. The number of alkyl halides is 1. The van der Waals surface area contributed by atoms with Crippen LogP contribution >= 0.6 is 15.9 Å². The molecular formula is C10H16BrNO3. The van der Waals surface area contributed by atoms with Gasteiger partial charge in [0.2, 0.25) is 5.91 Å². The first-order chi connectivity index (χ1) is 7.15. The molecule has 1 amide bonds. The third kappa shape index (κ3) is 3.81. The molecule has 0 radical (unpaired) electrons. The average molecular weight is 278 g/mol. The number of hydrogen-bond donors (Lipinski definition) is 0. The van der Waals surface area contributed by atoms with Gasteiger partial charge < -0.3 is 9.64 Å². The second-order valence-corrected chi connectivity index (χ2v) is 4.75. The Morgan fingerprint density at radius 1 is 1.53 bits per heavy atom. The highest BCUT2D eigenvalue weighted by Crippen LogP contribution is 2.13. The molecule has 1 fully saturated rings. The molecule has 5 heteroatoms. The molecule has 0 aliphatic carbocycles. The summed E-state index contributed by atoms with van der Waals surface area (Å²) in [6, 6.07) is 0. The van der Waals surface area contributed by atoms with Crippen molar-refractivity contribution in [3.63, 3.8) is 0 Å². The van der Waals surface area contributed by atoms with Crippen molar-refractivity contribution in [2.75, 3.05) is 20.2 Å². The summed E-state index contributed by atoms with van der Waals surface area (Å²) >= 11 is 3.22. The van der Waals surface area contributed by atoms with E-state index in [0.717, 1.165) is 25.8 Å². The number of nitrogens with zero attached hydrogens (tertiary/aromatic N) is 1. The van der Waals surface area contributed by atoms with Gasteiger partial charge in [-0.25, -0.2) is 0 Å². The Labute approximate surface area is 98.1 Å². The zero-order chi connectivity index (χ0) is 11.3. The smallest absolute Gasteiger partial charge is 0.321 e. The van der Waals surface area contributed by atoms with Crippen LogP contribution in [0.25, 0.3) is 0 Å². The van der Waals surface area contributed by atoms with Crippen LogP contribution in [0.5, 0.6) is 0 Å². The van der Waals surface area contributed by atoms with Crippen molar-refractivity contribution in [2.45, 2.75) is 30.5 Å². The number of amides is 1. The van der Waals surface area contributed by atoms with E-state index in [0.29, 0.717) is 13.0 Å². The van der Waals surface area contributed by atoms with Crippen molar-refractivity contribution < 1.29 is 14.3 Å². The molecule has 86 valence electrons. The Morgan fingerprint density at radius 3 is 2.93 bits per heavy atom. The van der Waals surface area contributed by atoms with Crippen molar-refractivity contribution in [1.29, 1.82) is 0 Å². The number of rotatable bonds is 3. The maximum Gasteiger partial charge on any atom is 0.321 e. The Morgan fingerprint density at radius 2 is 2.27 bits per heavy atom. The normalized spacial score (nSPS) is 19.6. The molecule has 1 aliphatic rings. The summed E-state index contributed by atoms with van der Waals surface area (Å²) in [6.45, 7) is 1.16. The highest BCUT2D eigenvalue weighted by atomic mass is 79.9. The summed E-state index contributed by atoms with van der Waals surface area (Å²) in [5.41, 5.74) is 0. The number of methoxy groups -OCH3 is 1. The molecule has 4 nitrogen and oxygen atoms in total. The number of likely N-dealkylation sites (tertiary alicyclic amines) is 1. The molecule has 0 aromatic carbocycles. The first kappa shape index (κ1) is 12.5. The lowest BCUT2D eigenvalue weighted by molar-refractivity contribution is -0.140. The van der Waals surface area contributed by atoms with E-state index in [1.165, 1.54) is 7.11 Å². The Hall–Kier alpha value is -0.580. The van der Waals surface area contributed by atoms with Crippen molar-refractivity contribution in [1.82, 2.24) is 4.90 Å². The van der Waals surface area contributed by atoms with E-state index in [4.69, 9.17) is 0 Å². The van der Waals surface area contributed by atoms with Gasteiger partial charge in [0, 0.05) is 19.5 Å². The van der Waals surface area contributed by atoms with Gasteiger partial charge in [0.25, 0.3) is 0 Å². The fourth-order valence-electron chi connectivity index (χ4n) is 1.63. The molecule has 1 rings (SSSR count). The summed E-state index contributed by atoms with van der Waals surface area (Å²) in [6.07, 6.45) is 3.67. The summed E-state index contributed by atoms with van der Waals surface area (Å²) in [5, 5.41) is 0. The zero-order valence-corrected chi connectivity index (χ0v) is 10.5. The summed E-state index contributed by atoms with van der Waals surface area (Å²) < 4.78 is 4.60. The van der Waals surface area contributed by atoms with E-state index in [1.807, 2.05) is 0 Å². The van der Waals surface area contributed by atoms with Crippen LogP contribution in [0.4, 0.5) is 0 Å². The Bertz CT molecular complexity index is 245. The van der Waals surface area contributed by atoms with E-state index in [9.17, 15) is 9.59 Å². The van der Waals surface area contributed by atoms with Gasteiger partial charge >= 0.3 is 5.97 Å². The van der Waals surface area contributed by atoms with Crippen LogP contribution in [0, 0.1) is 0 Å². The van der Waals surface area contributed by atoms with Gasteiger partial charge in [0.05, 0.1) is 7.11 Å². The van der Waals surface area contributed by atoms with Gasteiger partial charge in [0.15, 0.2) is 0 Å². The topological polar surface area (TPSA) is 46.6 Å². The summed E-state index contributed by atoms with van der Waals surface area (Å²) in [4.78, 5) is 24.1. The largest absolute Gasteiger partial charge is 0.468 e. The monoisotopic (exact) mass is 277 g/mol. The molecule has 1 atom stereocenters. The quantitative estimate of drug-likeness (QED) is 0.578. The molecular weight excluding hydrogens is 262 g/mol. The lowest BCUT2D eigenvalue weighted by Gasteiger charge is -2.22. The van der Waals surface area contributed by atoms with Crippen molar-refractivity contribution in [3.8, 4) is 0 Å². The van der Waals surface area contributed by atoms with Crippen molar-refractivity contribution in [2.24, 2.45) is 0 Å². The Balaban J connectivity index is 2.47. The predicted octanol–water partition coefficient (Wildman–Crippen LogP) is 1.33. The lowest BCUT2D eigenvalue weighted by Crippen LogP contribution is -2.38. The lowest BCUT2D eigenvalue weighted by atomic mass is 10.2. The van der Waals surface area contributed by atoms with E-state index in [2.05, 4.69) is 20.7 Å². The van der Waals surface area contributed by atoms with E-state index in [-0.39, 0.29) is 11.9 Å². The Kier molecular flexibility index (Phi) is 5.08. The summed E-state index contributed by atoms with van der Waals surface area (Å²) in [5.74, 6) is -0.187.